The van der Waals surface area contributed by atoms with Gasteiger partial charge in [0.2, 0.25) is 5.82 Å². The Morgan fingerprint density at radius 3 is 2.42 bits per heavy atom. The van der Waals surface area contributed by atoms with Crippen molar-refractivity contribution in [2.45, 2.75) is 39.2 Å². The van der Waals surface area contributed by atoms with Crippen molar-refractivity contribution in [3.8, 4) is 0 Å². The standard InChI is InChI=1S/C24H26N2O7/c1-4-31-19(27)12-11-17-15-26(22(25-17)23(30)33-6-3)24(14-20(28)32-5-2)13-16-9-7-8-10-18(16)21(24)29/h7-12,15H,4-6,13-14H2,1-3H3/b12-11+. The minimum Gasteiger partial charge on any atom is -0.466 e. The fourth-order valence-electron chi connectivity index (χ4n) is 3.90. The SMILES string of the molecule is CCOC(=O)/C=C/c1cn(C2(CC(=O)OCC)Cc3ccccc3C2=O)c(C(=O)OCC)n1. The highest BCUT2D eigenvalue weighted by Gasteiger charge is 2.50. The molecule has 1 aliphatic carbocycles. The molecule has 0 saturated carbocycles. The van der Waals surface area contributed by atoms with Crippen LogP contribution >= 0.6 is 0 Å². The van der Waals surface area contributed by atoms with Crippen LogP contribution in [0.5, 0.6) is 0 Å². The fraction of sp³-hybridized carbons (Fsp3) is 0.375. The highest BCUT2D eigenvalue weighted by Crippen LogP contribution is 2.40. The summed E-state index contributed by atoms with van der Waals surface area (Å²) in [5.74, 6) is -2.37. The van der Waals surface area contributed by atoms with Gasteiger partial charge in [0.1, 0.15) is 5.54 Å². The molecule has 174 valence electrons. The largest absolute Gasteiger partial charge is 0.466 e. The van der Waals surface area contributed by atoms with Crippen molar-refractivity contribution in [1.29, 1.82) is 0 Å². The van der Waals surface area contributed by atoms with Crippen LogP contribution in [0.15, 0.2) is 36.5 Å². The number of ether oxygens (including phenoxy) is 3. The maximum Gasteiger partial charge on any atom is 0.374 e. The average Bonchev–Trinajstić information content (AvgIpc) is 3.33. The lowest BCUT2D eigenvalue weighted by molar-refractivity contribution is -0.145. The number of carbonyl (C=O) groups excluding carboxylic acids is 4. The lowest BCUT2D eigenvalue weighted by Gasteiger charge is -2.29. The van der Waals surface area contributed by atoms with Crippen LogP contribution in [0.3, 0.4) is 0 Å². The number of carbonyl (C=O) groups is 4. The van der Waals surface area contributed by atoms with E-state index in [1.54, 1.807) is 39.0 Å². The molecule has 0 bridgehead atoms. The lowest BCUT2D eigenvalue weighted by Crippen LogP contribution is -2.43. The van der Waals surface area contributed by atoms with Crippen LogP contribution in [0, 0.1) is 0 Å². The van der Waals surface area contributed by atoms with Crippen molar-refractivity contribution < 1.29 is 33.4 Å². The third-order valence-corrected chi connectivity index (χ3v) is 5.23. The molecule has 0 N–H and O–H groups in total. The van der Waals surface area contributed by atoms with Gasteiger partial charge in [0.25, 0.3) is 0 Å². The van der Waals surface area contributed by atoms with Gasteiger partial charge >= 0.3 is 17.9 Å². The number of ketones is 1. The zero-order valence-corrected chi connectivity index (χ0v) is 18.8. The van der Waals surface area contributed by atoms with Gasteiger partial charge in [-0.1, -0.05) is 24.3 Å². The second-order valence-electron chi connectivity index (χ2n) is 7.34. The Labute approximate surface area is 191 Å². The number of esters is 3. The van der Waals surface area contributed by atoms with Crippen LogP contribution < -0.4 is 0 Å². The van der Waals surface area contributed by atoms with Crippen LogP contribution in [0.25, 0.3) is 6.08 Å². The summed E-state index contributed by atoms with van der Waals surface area (Å²) in [4.78, 5) is 55.0. The molecule has 3 rings (SSSR count). The van der Waals surface area contributed by atoms with Gasteiger partial charge in [-0.25, -0.2) is 14.6 Å². The first kappa shape index (κ1) is 23.9. The van der Waals surface area contributed by atoms with Crippen molar-refractivity contribution >= 4 is 29.8 Å². The summed E-state index contributed by atoms with van der Waals surface area (Å²) in [6.07, 6.45) is 3.89. The zero-order valence-electron chi connectivity index (χ0n) is 18.8. The van der Waals surface area contributed by atoms with E-state index in [-0.39, 0.29) is 50.0 Å². The first-order valence-corrected chi connectivity index (χ1v) is 10.8. The molecule has 0 spiro atoms. The fourth-order valence-corrected chi connectivity index (χ4v) is 3.90. The van der Waals surface area contributed by atoms with E-state index >= 15 is 0 Å². The maximum absolute atomic E-state index is 13.7. The predicted octanol–water partition coefficient (Wildman–Crippen LogP) is 2.72. The summed E-state index contributed by atoms with van der Waals surface area (Å²) in [5, 5.41) is 0. The van der Waals surface area contributed by atoms with E-state index in [4.69, 9.17) is 14.2 Å². The minimum absolute atomic E-state index is 0.0960. The molecule has 1 atom stereocenters. The van der Waals surface area contributed by atoms with Gasteiger partial charge in [0.15, 0.2) is 5.78 Å². The summed E-state index contributed by atoms with van der Waals surface area (Å²) in [5.41, 5.74) is -0.00734. The molecule has 0 amide bonds. The topological polar surface area (TPSA) is 114 Å². The zero-order chi connectivity index (χ0) is 24.0. The van der Waals surface area contributed by atoms with Gasteiger partial charge in [-0.2, -0.15) is 0 Å². The molecule has 1 aromatic heterocycles. The number of imidazole rings is 1. The van der Waals surface area contributed by atoms with E-state index < -0.39 is 23.4 Å². The highest BCUT2D eigenvalue weighted by atomic mass is 16.5. The minimum atomic E-state index is -1.46. The lowest BCUT2D eigenvalue weighted by atomic mass is 9.89. The number of rotatable bonds is 9. The van der Waals surface area contributed by atoms with E-state index in [1.165, 1.54) is 22.9 Å². The smallest absolute Gasteiger partial charge is 0.374 e. The van der Waals surface area contributed by atoms with Crippen LogP contribution in [0.1, 0.15) is 59.4 Å². The molecular weight excluding hydrogens is 428 g/mol. The second-order valence-corrected chi connectivity index (χ2v) is 7.34. The third kappa shape index (κ3) is 4.87. The monoisotopic (exact) mass is 454 g/mol. The third-order valence-electron chi connectivity index (χ3n) is 5.23. The molecule has 1 unspecified atom stereocenters. The van der Waals surface area contributed by atoms with Gasteiger partial charge in [-0.05, 0) is 32.4 Å². The molecule has 0 aliphatic heterocycles. The van der Waals surface area contributed by atoms with E-state index in [2.05, 4.69) is 4.98 Å². The van der Waals surface area contributed by atoms with Crippen LogP contribution in [0.2, 0.25) is 0 Å². The Morgan fingerprint density at radius 2 is 1.76 bits per heavy atom. The Balaban J connectivity index is 2.14. The molecule has 2 aromatic rings. The normalized spacial score (nSPS) is 17.1. The number of hydrogen-bond donors (Lipinski definition) is 0. The Kier molecular flexibility index (Phi) is 7.42. The molecule has 1 heterocycles. The van der Waals surface area contributed by atoms with Crippen molar-refractivity contribution in [3.63, 3.8) is 0 Å². The van der Waals surface area contributed by atoms with E-state index in [0.29, 0.717) is 5.56 Å². The number of nitrogens with zero attached hydrogens (tertiary/aromatic N) is 2. The number of benzene rings is 1. The second kappa shape index (κ2) is 10.2. The Hall–Kier alpha value is -3.75. The molecule has 9 heteroatoms. The van der Waals surface area contributed by atoms with Gasteiger partial charge < -0.3 is 18.8 Å². The molecule has 0 fully saturated rings. The summed E-state index contributed by atoms with van der Waals surface area (Å²) in [6, 6.07) is 7.04. The molecular formula is C24H26N2O7. The first-order chi connectivity index (χ1) is 15.9. The van der Waals surface area contributed by atoms with Crippen LogP contribution in [-0.4, -0.2) is 53.1 Å². The number of Topliss-reactive ketones (excluding diaryl/α,β-unsaturated/α-hetero) is 1. The van der Waals surface area contributed by atoms with E-state index in [9.17, 15) is 19.2 Å². The average molecular weight is 454 g/mol. The Bertz CT molecular complexity index is 1100. The molecule has 0 saturated heterocycles. The summed E-state index contributed by atoms with van der Waals surface area (Å²) in [7, 11) is 0. The quantitative estimate of drug-likeness (QED) is 0.323. The first-order valence-electron chi connectivity index (χ1n) is 10.8. The van der Waals surface area contributed by atoms with Crippen LogP contribution in [0.4, 0.5) is 0 Å². The van der Waals surface area contributed by atoms with Crippen LogP contribution in [-0.2, 0) is 35.8 Å². The predicted molar refractivity (Wildman–Crippen MR) is 118 cm³/mol. The molecule has 1 aromatic carbocycles. The van der Waals surface area contributed by atoms with Crippen molar-refractivity contribution in [2.75, 3.05) is 19.8 Å². The van der Waals surface area contributed by atoms with Gasteiger partial charge in [0.05, 0.1) is 31.9 Å². The summed E-state index contributed by atoms with van der Waals surface area (Å²) < 4.78 is 16.6. The van der Waals surface area contributed by atoms with E-state index in [1.807, 2.05) is 6.07 Å². The van der Waals surface area contributed by atoms with Crippen molar-refractivity contribution in [3.05, 3.63) is 59.2 Å². The van der Waals surface area contributed by atoms with E-state index in [0.717, 1.165) is 5.56 Å². The van der Waals surface area contributed by atoms with Gasteiger partial charge in [-0.15, -0.1) is 0 Å². The van der Waals surface area contributed by atoms with Crippen molar-refractivity contribution in [2.24, 2.45) is 0 Å². The van der Waals surface area contributed by atoms with Gasteiger partial charge in [0, 0.05) is 24.3 Å². The number of aromatic nitrogens is 2. The molecule has 0 radical (unpaired) electrons. The summed E-state index contributed by atoms with van der Waals surface area (Å²) >= 11 is 0. The van der Waals surface area contributed by atoms with Gasteiger partial charge in [-0.3, -0.25) is 9.59 Å². The number of fused-ring (bicyclic) bond motifs is 1. The summed E-state index contributed by atoms with van der Waals surface area (Å²) in [6.45, 7) is 5.47. The van der Waals surface area contributed by atoms with Crippen molar-refractivity contribution in [1.82, 2.24) is 9.55 Å². The molecule has 33 heavy (non-hydrogen) atoms. The molecule has 1 aliphatic rings. The Morgan fingerprint density at radius 1 is 1.06 bits per heavy atom. The molecule has 9 nitrogen and oxygen atoms in total. The number of hydrogen-bond acceptors (Lipinski definition) is 8. The maximum atomic E-state index is 13.7. The highest BCUT2D eigenvalue weighted by molar-refractivity contribution is 6.08.